The summed E-state index contributed by atoms with van der Waals surface area (Å²) in [6, 6.07) is 2.51. The van der Waals surface area contributed by atoms with Gasteiger partial charge in [-0.3, -0.25) is 14.5 Å². The van der Waals surface area contributed by atoms with Crippen LogP contribution < -0.4 is 20.1 Å². The summed E-state index contributed by atoms with van der Waals surface area (Å²) in [5.74, 6) is -0.116. The minimum absolute atomic E-state index is 0.0337. The molecule has 1 heterocycles. The highest BCUT2D eigenvalue weighted by Crippen LogP contribution is 2.38. The standard InChI is InChI=1S/C19H24ClN3O5/c1-11-6-4-5-7-19(11)17(25)23(18(26)22-19)10-16(24)21-13-9-14(27-2)12(20)8-15(13)28-3/h8-9,11H,4-7,10H2,1-3H3,(H,21,24)(H,22,26)/t11-,19-/m1/s1. The van der Waals surface area contributed by atoms with E-state index in [0.29, 0.717) is 28.6 Å². The molecule has 1 aromatic carbocycles. The van der Waals surface area contributed by atoms with Crippen molar-refractivity contribution < 1.29 is 23.9 Å². The quantitative estimate of drug-likeness (QED) is 0.729. The lowest BCUT2D eigenvalue weighted by molar-refractivity contribution is -0.136. The fraction of sp³-hybridized carbons (Fsp3) is 0.526. The number of ether oxygens (including phenoxy) is 2. The molecule has 1 saturated carbocycles. The number of amides is 4. The molecule has 1 saturated heterocycles. The van der Waals surface area contributed by atoms with Crippen molar-refractivity contribution >= 4 is 35.1 Å². The third-order valence-electron chi connectivity index (χ3n) is 5.55. The number of urea groups is 1. The highest BCUT2D eigenvalue weighted by molar-refractivity contribution is 6.32. The van der Waals surface area contributed by atoms with Crippen LogP contribution in [0.3, 0.4) is 0 Å². The van der Waals surface area contributed by atoms with Gasteiger partial charge in [0.05, 0.1) is 24.9 Å². The second-order valence-electron chi connectivity index (χ2n) is 7.17. The average Bonchev–Trinajstić information content (AvgIpc) is 2.90. The maximum atomic E-state index is 13.0. The van der Waals surface area contributed by atoms with Crippen LogP contribution in [0.15, 0.2) is 12.1 Å². The predicted molar refractivity (Wildman–Crippen MR) is 104 cm³/mol. The summed E-state index contributed by atoms with van der Waals surface area (Å²) in [6.45, 7) is 1.58. The fourth-order valence-electron chi connectivity index (χ4n) is 3.93. The van der Waals surface area contributed by atoms with E-state index < -0.39 is 17.5 Å². The van der Waals surface area contributed by atoms with E-state index in [4.69, 9.17) is 21.1 Å². The van der Waals surface area contributed by atoms with Gasteiger partial charge in [0.15, 0.2) is 0 Å². The van der Waals surface area contributed by atoms with E-state index in [2.05, 4.69) is 10.6 Å². The van der Waals surface area contributed by atoms with Crippen LogP contribution in [0.25, 0.3) is 0 Å². The first-order valence-corrected chi connectivity index (χ1v) is 9.55. The molecule has 0 aromatic heterocycles. The summed E-state index contributed by atoms with van der Waals surface area (Å²) >= 11 is 6.07. The van der Waals surface area contributed by atoms with Crippen LogP contribution in [0, 0.1) is 5.92 Å². The molecule has 2 fully saturated rings. The summed E-state index contributed by atoms with van der Waals surface area (Å²) in [7, 11) is 2.90. The normalized spacial score (nSPS) is 24.3. The summed E-state index contributed by atoms with van der Waals surface area (Å²) in [5, 5.41) is 5.82. The largest absolute Gasteiger partial charge is 0.495 e. The second kappa shape index (κ2) is 7.87. The van der Waals surface area contributed by atoms with Crippen molar-refractivity contribution in [1.29, 1.82) is 0 Å². The number of hydrogen-bond acceptors (Lipinski definition) is 5. The molecule has 2 N–H and O–H groups in total. The lowest BCUT2D eigenvalue weighted by Crippen LogP contribution is -2.54. The van der Waals surface area contributed by atoms with Gasteiger partial charge in [0, 0.05) is 12.1 Å². The number of halogens is 1. The van der Waals surface area contributed by atoms with Gasteiger partial charge in [0.1, 0.15) is 23.6 Å². The van der Waals surface area contributed by atoms with E-state index in [1.807, 2.05) is 6.92 Å². The Morgan fingerprint density at radius 2 is 2.00 bits per heavy atom. The van der Waals surface area contributed by atoms with Crippen LogP contribution in [0.1, 0.15) is 32.6 Å². The second-order valence-corrected chi connectivity index (χ2v) is 7.58. The molecule has 1 spiro atoms. The number of carbonyl (C=O) groups excluding carboxylic acids is 3. The number of benzene rings is 1. The number of nitrogens with one attached hydrogen (secondary N) is 2. The molecule has 0 radical (unpaired) electrons. The Kier molecular flexibility index (Phi) is 5.69. The molecule has 152 valence electrons. The molecule has 4 amide bonds. The van der Waals surface area contributed by atoms with Gasteiger partial charge < -0.3 is 20.1 Å². The van der Waals surface area contributed by atoms with Gasteiger partial charge in [-0.25, -0.2) is 4.79 Å². The fourth-order valence-corrected chi connectivity index (χ4v) is 4.16. The molecule has 2 atom stereocenters. The Bertz CT molecular complexity index is 815. The first kappa shape index (κ1) is 20.3. The van der Waals surface area contributed by atoms with Crippen LogP contribution in [-0.2, 0) is 9.59 Å². The van der Waals surface area contributed by atoms with E-state index in [1.54, 1.807) is 0 Å². The maximum absolute atomic E-state index is 13.0. The minimum Gasteiger partial charge on any atom is -0.495 e. The highest BCUT2D eigenvalue weighted by Gasteiger charge is 2.55. The molecule has 28 heavy (non-hydrogen) atoms. The Labute approximate surface area is 168 Å². The predicted octanol–water partition coefficient (Wildman–Crippen LogP) is 2.80. The van der Waals surface area contributed by atoms with E-state index >= 15 is 0 Å². The van der Waals surface area contributed by atoms with E-state index in [0.717, 1.165) is 24.2 Å². The lowest BCUT2D eigenvalue weighted by atomic mass is 9.73. The van der Waals surface area contributed by atoms with Crippen molar-refractivity contribution in [3.63, 3.8) is 0 Å². The van der Waals surface area contributed by atoms with Crippen molar-refractivity contribution in [2.45, 2.75) is 38.1 Å². The van der Waals surface area contributed by atoms with Crippen molar-refractivity contribution in [2.75, 3.05) is 26.1 Å². The smallest absolute Gasteiger partial charge is 0.325 e. The molecular formula is C19H24ClN3O5. The molecule has 2 aliphatic rings. The van der Waals surface area contributed by atoms with Crippen LogP contribution in [0.5, 0.6) is 11.5 Å². The Balaban J connectivity index is 1.75. The molecule has 8 nitrogen and oxygen atoms in total. The van der Waals surface area contributed by atoms with Crippen LogP contribution in [0.2, 0.25) is 5.02 Å². The molecule has 0 bridgehead atoms. The Morgan fingerprint density at radius 3 is 2.64 bits per heavy atom. The van der Waals surface area contributed by atoms with Gasteiger partial charge in [0.25, 0.3) is 5.91 Å². The zero-order valence-electron chi connectivity index (χ0n) is 16.1. The van der Waals surface area contributed by atoms with E-state index in [9.17, 15) is 14.4 Å². The number of hydrogen-bond donors (Lipinski definition) is 2. The van der Waals surface area contributed by atoms with Crippen molar-refractivity contribution in [1.82, 2.24) is 10.2 Å². The van der Waals surface area contributed by atoms with E-state index in [1.165, 1.54) is 26.4 Å². The third kappa shape index (κ3) is 3.48. The van der Waals surface area contributed by atoms with Gasteiger partial charge in [-0.2, -0.15) is 0 Å². The van der Waals surface area contributed by atoms with Crippen molar-refractivity contribution in [2.24, 2.45) is 5.92 Å². The maximum Gasteiger partial charge on any atom is 0.325 e. The van der Waals surface area contributed by atoms with E-state index in [-0.39, 0.29) is 18.4 Å². The summed E-state index contributed by atoms with van der Waals surface area (Å²) < 4.78 is 10.4. The molecule has 9 heteroatoms. The Hall–Kier alpha value is -2.48. The molecule has 1 aliphatic carbocycles. The van der Waals surface area contributed by atoms with Gasteiger partial charge in [-0.05, 0) is 18.8 Å². The number of imide groups is 1. The SMILES string of the molecule is COc1cc(NC(=O)CN2C(=O)N[C@@]3(CCCC[C@H]3C)C2=O)c(OC)cc1Cl. The third-order valence-corrected chi connectivity index (χ3v) is 5.85. The first-order chi connectivity index (χ1) is 13.3. The first-order valence-electron chi connectivity index (χ1n) is 9.18. The summed E-state index contributed by atoms with van der Waals surface area (Å²) in [4.78, 5) is 38.9. The number of anilines is 1. The van der Waals surface area contributed by atoms with Crippen LogP contribution >= 0.6 is 11.6 Å². The van der Waals surface area contributed by atoms with Crippen LogP contribution in [0.4, 0.5) is 10.5 Å². The van der Waals surface area contributed by atoms with Crippen LogP contribution in [-0.4, -0.2) is 49.0 Å². The number of methoxy groups -OCH3 is 2. The topological polar surface area (TPSA) is 97.0 Å². The van der Waals surface area contributed by atoms with Gasteiger partial charge in [0.2, 0.25) is 5.91 Å². The molecule has 1 aliphatic heterocycles. The number of carbonyl (C=O) groups is 3. The van der Waals surface area contributed by atoms with Crippen molar-refractivity contribution in [3.05, 3.63) is 17.2 Å². The zero-order valence-corrected chi connectivity index (χ0v) is 16.9. The molecular weight excluding hydrogens is 386 g/mol. The molecule has 0 unspecified atom stereocenters. The molecule has 3 rings (SSSR count). The lowest BCUT2D eigenvalue weighted by Gasteiger charge is -2.36. The number of rotatable bonds is 5. The average molecular weight is 410 g/mol. The molecule has 1 aromatic rings. The van der Waals surface area contributed by atoms with Gasteiger partial charge in [-0.15, -0.1) is 0 Å². The summed E-state index contributed by atoms with van der Waals surface area (Å²) in [5.41, 5.74) is -0.557. The zero-order chi connectivity index (χ0) is 20.5. The summed E-state index contributed by atoms with van der Waals surface area (Å²) in [6.07, 6.45) is 3.37. The highest BCUT2D eigenvalue weighted by atomic mass is 35.5. The van der Waals surface area contributed by atoms with Gasteiger partial charge in [-0.1, -0.05) is 31.4 Å². The Morgan fingerprint density at radius 1 is 1.29 bits per heavy atom. The monoisotopic (exact) mass is 409 g/mol. The van der Waals surface area contributed by atoms with Gasteiger partial charge >= 0.3 is 6.03 Å². The van der Waals surface area contributed by atoms with Crippen molar-refractivity contribution in [3.8, 4) is 11.5 Å². The minimum atomic E-state index is -0.892. The number of nitrogens with zero attached hydrogens (tertiary/aromatic N) is 1.